The number of aliphatic hydroxyl groups is 1. The van der Waals surface area contributed by atoms with Crippen LogP contribution in [0.5, 0.6) is 0 Å². The number of nitrogens with one attached hydrogen (secondary N) is 3. The summed E-state index contributed by atoms with van der Waals surface area (Å²) in [5.41, 5.74) is 0.0604. The Labute approximate surface area is 245 Å². The first-order chi connectivity index (χ1) is 19.9. The number of aliphatic hydroxyl groups excluding tert-OH is 1. The fraction of sp³-hybridized carbons (Fsp3) is 0.500. The standard InChI is InChI=1S/C28H33ClF5N5O3/c29-18-6-8-20(22(15-18)39-13-11-38(12-14-39)10-9-28(32,33)34)36-26(41)19-7-5-17(24(30)25(19)31)16-35-27(42)37-21-3-1-2-4-23(21)40/h5-8,15,21,23,40H,1-4,9-14,16H2,(H,36,41)(H2,35,37,42). The molecule has 1 heterocycles. The first-order valence-corrected chi connectivity index (χ1v) is 14.1. The van der Waals surface area contributed by atoms with E-state index in [1.807, 2.05) is 4.90 Å². The molecular formula is C28H33ClF5N5O3. The van der Waals surface area contributed by atoms with Crippen LogP contribution < -0.4 is 20.9 Å². The highest BCUT2D eigenvalue weighted by Crippen LogP contribution is 2.31. The van der Waals surface area contributed by atoms with Crippen LogP contribution >= 0.6 is 11.6 Å². The summed E-state index contributed by atoms with van der Waals surface area (Å²) in [4.78, 5) is 28.7. The summed E-state index contributed by atoms with van der Waals surface area (Å²) in [5.74, 6) is -3.59. The molecule has 2 atom stereocenters. The maximum atomic E-state index is 15.0. The molecule has 2 aromatic carbocycles. The number of hydrogen-bond donors (Lipinski definition) is 4. The average Bonchev–Trinajstić information content (AvgIpc) is 2.95. The highest BCUT2D eigenvalue weighted by Gasteiger charge is 2.29. The fourth-order valence-electron chi connectivity index (χ4n) is 5.13. The molecule has 2 unspecified atom stereocenters. The lowest BCUT2D eigenvalue weighted by molar-refractivity contribution is -0.138. The van der Waals surface area contributed by atoms with Crippen molar-refractivity contribution in [3.63, 3.8) is 0 Å². The summed E-state index contributed by atoms with van der Waals surface area (Å²) in [7, 11) is 0. The summed E-state index contributed by atoms with van der Waals surface area (Å²) in [6.07, 6.45) is -2.87. The molecular weight excluding hydrogens is 585 g/mol. The normalized spacial score (nSPS) is 19.8. The molecule has 14 heteroatoms. The molecule has 4 N–H and O–H groups in total. The van der Waals surface area contributed by atoms with Crippen molar-refractivity contribution in [2.75, 3.05) is 42.9 Å². The monoisotopic (exact) mass is 617 g/mol. The van der Waals surface area contributed by atoms with Crippen LogP contribution in [-0.2, 0) is 6.54 Å². The molecule has 2 aromatic rings. The Morgan fingerprint density at radius 3 is 2.40 bits per heavy atom. The zero-order chi connectivity index (χ0) is 30.4. The van der Waals surface area contributed by atoms with E-state index >= 15 is 0 Å². The molecule has 4 rings (SSSR count). The molecule has 1 saturated carbocycles. The van der Waals surface area contributed by atoms with Crippen molar-refractivity contribution in [1.29, 1.82) is 0 Å². The number of alkyl halides is 3. The summed E-state index contributed by atoms with van der Waals surface area (Å²) in [5, 5.41) is 18.0. The Bertz CT molecular complexity index is 1270. The van der Waals surface area contributed by atoms with Crippen LogP contribution in [0.25, 0.3) is 0 Å². The molecule has 2 fully saturated rings. The molecule has 2 aliphatic rings. The van der Waals surface area contributed by atoms with Crippen molar-refractivity contribution in [2.24, 2.45) is 0 Å². The van der Waals surface area contributed by atoms with Gasteiger partial charge in [-0.2, -0.15) is 13.2 Å². The lowest BCUT2D eigenvalue weighted by Crippen LogP contribution is -2.48. The van der Waals surface area contributed by atoms with Gasteiger partial charge in [0.1, 0.15) is 0 Å². The van der Waals surface area contributed by atoms with Gasteiger partial charge in [-0.25, -0.2) is 13.6 Å². The first kappa shape index (κ1) is 31.8. The highest BCUT2D eigenvalue weighted by molar-refractivity contribution is 6.31. The van der Waals surface area contributed by atoms with Crippen LogP contribution in [0.4, 0.5) is 38.1 Å². The minimum Gasteiger partial charge on any atom is -0.391 e. The molecule has 0 aromatic heterocycles. The van der Waals surface area contributed by atoms with Crippen molar-refractivity contribution >= 4 is 34.9 Å². The molecule has 1 aliphatic carbocycles. The molecule has 3 amide bonds. The number of rotatable bonds is 8. The smallest absolute Gasteiger partial charge is 0.390 e. The summed E-state index contributed by atoms with van der Waals surface area (Å²) < 4.78 is 67.6. The number of piperazine rings is 1. The van der Waals surface area contributed by atoms with E-state index in [1.165, 1.54) is 18.2 Å². The van der Waals surface area contributed by atoms with Crippen LogP contribution in [0, 0.1) is 11.6 Å². The van der Waals surface area contributed by atoms with Crippen molar-refractivity contribution in [1.82, 2.24) is 15.5 Å². The minimum absolute atomic E-state index is 0.110. The van der Waals surface area contributed by atoms with Crippen molar-refractivity contribution in [2.45, 2.75) is 57.0 Å². The first-order valence-electron chi connectivity index (χ1n) is 13.8. The molecule has 8 nitrogen and oxygen atoms in total. The Balaban J connectivity index is 1.38. The van der Waals surface area contributed by atoms with Crippen molar-refractivity contribution in [3.05, 3.63) is 58.1 Å². The summed E-state index contributed by atoms with van der Waals surface area (Å²) in [6, 6.07) is 5.89. The van der Waals surface area contributed by atoms with E-state index in [9.17, 15) is 36.6 Å². The lowest BCUT2D eigenvalue weighted by atomic mass is 9.93. The van der Waals surface area contributed by atoms with E-state index in [2.05, 4.69) is 16.0 Å². The third-order valence-electron chi connectivity index (χ3n) is 7.52. The number of anilines is 2. The summed E-state index contributed by atoms with van der Waals surface area (Å²) >= 11 is 6.16. The van der Waals surface area contributed by atoms with E-state index in [4.69, 9.17) is 11.6 Å². The second kappa shape index (κ2) is 13.9. The van der Waals surface area contributed by atoms with E-state index in [0.717, 1.165) is 18.9 Å². The molecule has 42 heavy (non-hydrogen) atoms. The number of nitrogens with zero attached hydrogens (tertiary/aromatic N) is 2. The third kappa shape index (κ3) is 8.45. The van der Waals surface area contributed by atoms with Gasteiger partial charge in [-0.1, -0.05) is 30.5 Å². The van der Waals surface area contributed by atoms with Gasteiger partial charge in [-0.3, -0.25) is 9.69 Å². The van der Waals surface area contributed by atoms with E-state index in [1.54, 1.807) is 11.0 Å². The Morgan fingerprint density at radius 1 is 1.00 bits per heavy atom. The van der Waals surface area contributed by atoms with E-state index in [-0.39, 0.29) is 24.3 Å². The van der Waals surface area contributed by atoms with Gasteiger partial charge in [0, 0.05) is 49.9 Å². The number of carbonyl (C=O) groups is 2. The Kier molecular flexibility index (Phi) is 10.5. The molecule has 0 spiro atoms. The second-order valence-corrected chi connectivity index (χ2v) is 10.9. The number of halogens is 6. The zero-order valence-corrected chi connectivity index (χ0v) is 23.5. The zero-order valence-electron chi connectivity index (χ0n) is 22.7. The van der Waals surface area contributed by atoms with Crippen LogP contribution in [0.1, 0.15) is 48.0 Å². The predicted octanol–water partition coefficient (Wildman–Crippen LogP) is 5.05. The van der Waals surface area contributed by atoms with Crippen molar-refractivity contribution < 1.29 is 36.6 Å². The topological polar surface area (TPSA) is 96.9 Å². The van der Waals surface area contributed by atoms with Crippen LogP contribution in [0.15, 0.2) is 30.3 Å². The van der Waals surface area contributed by atoms with Gasteiger partial charge in [0.25, 0.3) is 5.91 Å². The Morgan fingerprint density at radius 2 is 1.71 bits per heavy atom. The number of hydrogen-bond acceptors (Lipinski definition) is 5. The molecule has 230 valence electrons. The highest BCUT2D eigenvalue weighted by atomic mass is 35.5. The van der Waals surface area contributed by atoms with Gasteiger partial charge in [-0.05, 0) is 37.1 Å². The van der Waals surface area contributed by atoms with Crippen molar-refractivity contribution in [3.8, 4) is 0 Å². The molecule has 0 radical (unpaired) electrons. The largest absolute Gasteiger partial charge is 0.391 e. The summed E-state index contributed by atoms with van der Waals surface area (Å²) in [6.45, 7) is 1.03. The maximum absolute atomic E-state index is 15.0. The minimum atomic E-state index is -4.24. The molecule has 1 saturated heterocycles. The van der Waals surface area contributed by atoms with Gasteiger partial charge in [0.05, 0.1) is 35.5 Å². The Hall–Kier alpha value is -3.16. The van der Waals surface area contributed by atoms with Gasteiger partial charge in [0.15, 0.2) is 11.6 Å². The number of amides is 3. The number of benzene rings is 2. The third-order valence-corrected chi connectivity index (χ3v) is 7.76. The molecule has 1 aliphatic heterocycles. The van der Waals surface area contributed by atoms with Crippen LogP contribution in [-0.4, -0.2) is 73.0 Å². The lowest BCUT2D eigenvalue weighted by Gasteiger charge is -2.37. The second-order valence-electron chi connectivity index (χ2n) is 10.5. The van der Waals surface area contributed by atoms with Gasteiger partial charge < -0.3 is 26.0 Å². The molecule has 0 bridgehead atoms. The quantitative estimate of drug-likeness (QED) is 0.311. The van der Waals surface area contributed by atoms with E-state index in [0.29, 0.717) is 49.7 Å². The fourth-order valence-corrected chi connectivity index (χ4v) is 5.30. The maximum Gasteiger partial charge on any atom is 0.390 e. The van der Waals surface area contributed by atoms with Gasteiger partial charge in [-0.15, -0.1) is 0 Å². The predicted molar refractivity (Wildman–Crippen MR) is 149 cm³/mol. The van der Waals surface area contributed by atoms with Gasteiger partial charge >= 0.3 is 12.2 Å². The van der Waals surface area contributed by atoms with E-state index < -0.39 is 53.9 Å². The number of urea groups is 1. The SMILES string of the molecule is O=C(NCc1ccc(C(=O)Nc2ccc(Cl)cc2N2CCN(CCC(F)(F)F)CC2)c(F)c1F)NC1CCCCC1O. The van der Waals surface area contributed by atoms with Crippen LogP contribution in [0.3, 0.4) is 0 Å². The average molecular weight is 618 g/mol. The van der Waals surface area contributed by atoms with Crippen LogP contribution in [0.2, 0.25) is 5.02 Å². The number of carbonyl (C=O) groups excluding carboxylic acids is 2. The van der Waals surface area contributed by atoms with Gasteiger partial charge in [0.2, 0.25) is 0 Å².